The second-order valence-corrected chi connectivity index (χ2v) is 5.21. The maximum Gasteiger partial charge on any atom is 0.251 e. The van der Waals surface area contributed by atoms with Crippen LogP contribution in [0.5, 0.6) is 0 Å². The molecule has 1 aromatic heterocycles. The number of nitrogens with one attached hydrogen (secondary N) is 1. The molecule has 4 nitrogen and oxygen atoms in total. The largest absolute Gasteiger partial charge is 0.350 e. The zero-order chi connectivity index (χ0) is 14.7. The van der Waals surface area contributed by atoms with Crippen molar-refractivity contribution >= 4 is 17.5 Å². The fraction of sp³-hybridized carbons (Fsp3) is 0.333. The summed E-state index contributed by atoms with van der Waals surface area (Å²) in [6.07, 6.45) is 0. The molecule has 0 spiro atoms. The van der Waals surface area contributed by atoms with Crippen LogP contribution < -0.4 is 5.32 Å². The van der Waals surface area contributed by atoms with Crippen LogP contribution in [0, 0.1) is 20.8 Å². The van der Waals surface area contributed by atoms with Crippen molar-refractivity contribution in [3.63, 3.8) is 0 Å². The molecule has 0 saturated heterocycles. The Balaban J connectivity index is 1.91. The topological polar surface area (TPSA) is 46.9 Å². The molecule has 0 unspecified atom stereocenters. The van der Waals surface area contributed by atoms with E-state index in [4.69, 9.17) is 11.6 Å². The van der Waals surface area contributed by atoms with Crippen molar-refractivity contribution in [3.8, 4) is 0 Å². The van der Waals surface area contributed by atoms with Gasteiger partial charge in [-0.15, -0.1) is 0 Å². The minimum absolute atomic E-state index is 0.0716. The minimum Gasteiger partial charge on any atom is -0.350 e. The van der Waals surface area contributed by atoms with Gasteiger partial charge < -0.3 is 5.32 Å². The summed E-state index contributed by atoms with van der Waals surface area (Å²) in [5.74, 6) is -0.0716. The molecule has 106 valence electrons. The third-order valence-electron chi connectivity index (χ3n) is 3.22. The highest BCUT2D eigenvalue weighted by molar-refractivity contribution is 6.31. The zero-order valence-electron chi connectivity index (χ0n) is 11.9. The first kappa shape index (κ1) is 14.6. The van der Waals surface area contributed by atoms with Gasteiger partial charge in [0.15, 0.2) is 0 Å². The Hall–Kier alpha value is -1.81. The highest BCUT2D eigenvalue weighted by atomic mass is 35.5. The van der Waals surface area contributed by atoms with E-state index < -0.39 is 0 Å². The number of carbonyl (C=O) groups is 1. The van der Waals surface area contributed by atoms with Gasteiger partial charge >= 0.3 is 0 Å². The van der Waals surface area contributed by atoms with Crippen LogP contribution in [-0.4, -0.2) is 22.2 Å². The van der Waals surface area contributed by atoms with Crippen LogP contribution >= 0.6 is 11.6 Å². The number of rotatable bonds is 4. The molecule has 0 bridgehead atoms. The molecule has 0 fully saturated rings. The van der Waals surface area contributed by atoms with Crippen molar-refractivity contribution in [2.24, 2.45) is 0 Å². The van der Waals surface area contributed by atoms with E-state index in [2.05, 4.69) is 10.4 Å². The third-order valence-corrected chi connectivity index (χ3v) is 3.76. The van der Waals surface area contributed by atoms with Crippen molar-refractivity contribution in [3.05, 3.63) is 51.8 Å². The van der Waals surface area contributed by atoms with Gasteiger partial charge in [0, 0.05) is 12.1 Å². The van der Waals surface area contributed by atoms with Crippen molar-refractivity contribution in [1.82, 2.24) is 15.1 Å². The molecule has 0 radical (unpaired) electrons. The molecule has 2 aromatic rings. The summed E-state index contributed by atoms with van der Waals surface area (Å²) in [6, 6.07) is 7.50. The molecule has 20 heavy (non-hydrogen) atoms. The summed E-state index contributed by atoms with van der Waals surface area (Å²) in [6.45, 7) is 6.91. The molecule has 0 aliphatic heterocycles. The summed E-state index contributed by atoms with van der Waals surface area (Å²) >= 11 is 6.08. The van der Waals surface area contributed by atoms with Gasteiger partial charge in [0.25, 0.3) is 5.91 Å². The van der Waals surface area contributed by atoms with E-state index in [-0.39, 0.29) is 5.91 Å². The van der Waals surface area contributed by atoms with E-state index in [1.54, 1.807) is 0 Å². The Morgan fingerprint density at radius 3 is 2.45 bits per heavy atom. The van der Waals surface area contributed by atoms with Crippen LogP contribution in [0.3, 0.4) is 0 Å². The van der Waals surface area contributed by atoms with Crippen molar-refractivity contribution < 1.29 is 4.79 Å². The monoisotopic (exact) mass is 291 g/mol. The van der Waals surface area contributed by atoms with Gasteiger partial charge in [-0.2, -0.15) is 5.10 Å². The SMILES string of the molecule is Cc1ccc(C(=O)NCCn2nc(C)c(Cl)c2C)cc1. The van der Waals surface area contributed by atoms with Crippen LogP contribution in [0.1, 0.15) is 27.3 Å². The number of nitrogens with zero attached hydrogens (tertiary/aromatic N) is 2. The molecule has 1 heterocycles. The standard InChI is InChI=1S/C15H18ClN3O/c1-10-4-6-13(7-5-10)15(20)17-8-9-19-12(3)14(16)11(2)18-19/h4-7H,8-9H2,1-3H3,(H,17,20). The fourth-order valence-electron chi connectivity index (χ4n) is 1.98. The average Bonchev–Trinajstić information content (AvgIpc) is 2.67. The lowest BCUT2D eigenvalue weighted by Gasteiger charge is -2.07. The van der Waals surface area contributed by atoms with Crippen LogP contribution in [-0.2, 0) is 6.54 Å². The molecular formula is C15H18ClN3O. The average molecular weight is 292 g/mol. The Morgan fingerprint density at radius 2 is 1.90 bits per heavy atom. The Labute approximate surface area is 123 Å². The van der Waals surface area contributed by atoms with Gasteiger partial charge in [-0.3, -0.25) is 9.48 Å². The highest BCUT2D eigenvalue weighted by Crippen LogP contribution is 2.18. The lowest BCUT2D eigenvalue weighted by Crippen LogP contribution is -2.27. The van der Waals surface area contributed by atoms with Gasteiger partial charge in [0.1, 0.15) is 0 Å². The molecular weight excluding hydrogens is 274 g/mol. The van der Waals surface area contributed by atoms with E-state index >= 15 is 0 Å². The summed E-state index contributed by atoms with van der Waals surface area (Å²) in [7, 11) is 0. The summed E-state index contributed by atoms with van der Waals surface area (Å²) in [5, 5.41) is 7.89. The van der Waals surface area contributed by atoms with Crippen LogP contribution in [0.2, 0.25) is 5.02 Å². The number of aromatic nitrogens is 2. The smallest absolute Gasteiger partial charge is 0.251 e. The highest BCUT2D eigenvalue weighted by Gasteiger charge is 2.09. The normalized spacial score (nSPS) is 10.6. The Kier molecular flexibility index (Phi) is 4.45. The number of aryl methyl sites for hydroxylation is 2. The van der Waals surface area contributed by atoms with Crippen molar-refractivity contribution in [2.75, 3.05) is 6.54 Å². The van der Waals surface area contributed by atoms with Gasteiger partial charge in [0.2, 0.25) is 0 Å². The quantitative estimate of drug-likeness (QED) is 0.941. The van der Waals surface area contributed by atoms with E-state index in [1.807, 2.05) is 49.7 Å². The van der Waals surface area contributed by atoms with Gasteiger partial charge in [-0.05, 0) is 32.9 Å². The molecule has 1 N–H and O–H groups in total. The third kappa shape index (κ3) is 3.20. The molecule has 2 rings (SSSR count). The predicted octanol–water partition coefficient (Wildman–Crippen LogP) is 2.89. The number of amides is 1. The first-order valence-corrected chi connectivity index (χ1v) is 6.91. The second kappa shape index (κ2) is 6.09. The summed E-state index contributed by atoms with van der Waals surface area (Å²) in [5.41, 5.74) is 3.55. The molecule has 1 amide bonds. The lowest BCUT2D eigenvalue weighted by atomic mass is 10.1. The maximum absolute atomic E-state index is 11.9. The fourth-order valence-corrected chi connectivity index (χ4v) is 2.11. The van der Waals surface area contributed by atoms with Gasteiger partial charge in [0.05, 0.1) is 23.0 Å². The molecule has 0 saturated carbocycles. The number of halogens is 1. The van der Waals surface area contributed by atoms with E-state index in [9.17, 15) is 4.79 Å². The number of hydrogen-bond acceptors (Lipinski definition) is 2. The number of benzene rings is 1. The van der Waals surface area contributed by atoms with Crippen LogP contribution in [0.4, 0.5) is 0 Å². The van der Waals surface area contributed by atoms with E-state index in [1.165, 1.54) is 0 Å². The number of carbonyl (C=O) groups excluding carboxylic acids is 1. The van der Waals surface area contributed by atoms with E-state index in [0.717, 1.165) is 17.0 Å². The van der Waals surface area contributed by atoms with Crippen LogP contribution in [0.15, 0.2) is 24.3 Å². The maximum atomic E-state index is 11.9. The second-order valence-electron chi connectivity index (χ2n) is 4.83. The van der Waals surface area contributed by atoms with Gasteiger partial charge in [-0.25, -0.2) is 0 Å². The first-order valence-electron chi connectivity index (χ1n) is 6.53. The molecule has 1 aromatic carbocycles. The van der Waals surface area contributed by atoms with E-state index in [0.29, 0.717) is 23.7 Å². The minimum atomic E-state index is -0.0716. The first-order chi connectivity index (χ1) is 9.49. The molecule has 0 atom stereocenters. The zero-order valence-corrected chi connectivity index (χ0v) is 12.7. The lowest BCUT2D eigenvalue weighted by molar-refractivity contribution is 0.0952. The van der Waals surface area contributed by atoms with Crippen LogP contribution in [0.25, 0.3) is 0 Å². The predicted molar refractivity (Wildman–Crippen MR) is 80.2 cm³/mol. The van der Waals surface area contributed by atoms with Crippen molar-refractivity contribution in [2.45, 2.75) is 27.3 Å². The number of hydrogen-bond donors (Lipinski definition) is 1. The molecule has 0 aliphatic rings. The van der Waals surface area contributed by atoms with Crippen molar-refractivity contribution in [1.29, 1.82) is 0 Å². The molecule has 0 aliphatic carbocycles. The Bertz CT molecular complexity index is 617. The van der Waals surface area contributed by atoms with Gasteiger partial charge in [-0.1, -0.05) is 29.3 Å². The molecule has 5 heteroatoms. The Morgan fingerprint density at radius 1 is 1.25 bits per heavy atom. The summed E-state index contributed by atoms with van der Waals surface area (Å²) in [4.78, 5) is 11.9. The summed E-state index contributed by atoms with van der Waals surface area (Å²) < 4.78 is 1.81.